The van der Waals surface area contributed by atoms with Crippen LogP contribution in [0.25, 0.3) is 0 Å². The number of rotatable bonds is 12. The van der Waals surface area contributed by atoms with E-state index >= 15 is 0 Å². The molecule has 0 spiro atoms. The van der Waals surface area contributed by atoms with E-state index in [0.717, 1.165) is 5.56 Å². The molecule has 0 saturated carbocycles. The highest BCUT2D eigenvalue weighted by Crippen LogP contribution is 2.17. The first-order valence-electron chi connectivity index (χ1n) is 10.3. The average molecular weight is 443 g/mol. The zero-order chi connectivity index (χ0) is 23.3. The Balaban J connectivity index is 2.13. The van der Waals surface area contributed by atoms with Gasteiger partial charge in [0.05, 0.1) is 32.0 Å². The van der Waals surface area contributed by atoms with Crippen LogP contribution >= 0.6 is 0 Å². The van der Waals surface area contributed by atoms with Crippen LogP contribution in [0, 0.1) is 0 Å². The predicted molar refractivity (Wildman–Crippen MR) is 115 cm³/mol. The molecule has 31 heavy (non-hydrogen) atoms. The van der Waals surface area contributed by atoms with E-state index in [2.05, 4.69) is 10.6 Å². The Morgan fingerprint density at radius 3 is 2.29 bits per heavy atom. The van der Waals surface area contributed by atoms with Gasteiger partial charge in [0.2, 0.25) is 0 Å². The summed E-state index contributed by atoms with van der Waals surface area (Å²) in [6.45, 7) is 9.38. The number of amides is 2. The Morgan fingerprint density at radius 2 is 1.65 bits per heavy atom. The fraction of sp³-hybridized carbons (Fsp3) is 0.636. The normalized spacial score (nSPS) is 12.7. The van der Waals surface area contributed by atoms with Gasteiger partial charge in [0, 0.05) is 6.54 Å². The van der Waals surface area contributed by atoms with Crippen molar-refractivity contribution in [2.75, 3.05) is 32.9 Å². The van der Waals surface area contributed by atoms with E-state index in [4.69, 9.17) is 18.9 Å². The number of nitrogens with one attached hydrogen (secondary N) is 2. The average Bonchev–Trinajstić information content (AvgIpc) is 2.69. The highest BCUT2D eigenvalue weighted by Gasteiger charge is 2.31. The first-order chi connectivity index (χ1) is 14.5. The molecule has 0 bridgehead atoms. The van der Waals surface area contributed by atoms with E-state index in [1.54, 1.807) is 34.6 Å². The Morgan fingerprint density at radius 1 is 0.968 bits per heavy atom. The maximum absolute atomic E-state index is 14.5. The van der Waals surface area contributed by atoms with Crippen molar-refractivity contribution in [1.82, 2.24) is 10.6 Å². The largest absolute Gasteiger partial charge is 0.445 e. The number of alkyl carbamates (subject to hydrolysis) is 2. The summed E-state index contributed by atoms with van der Waals surface area (Å²) < 4.78 is 35.5. The Hall–Kier alpha value is -2.39. The first kappa shape index (κ1) is 26.6. The first-order valence-corrected chi connectivity index (χ1v) is 10.3. The SMILES string of the molecule is CC(C)(C)OC(=O)NCCOCCOC(C)(C)C(F)CNC(=O)OCc1ccccc1. The zero-order valence-electron chi connectivity index (χ0n) is 19.0. The van der Waals surface area contributed by atoms with Crippen LogP contribution in [0.4, 0.5) is 14.0 Å². The van der Waals surface area contributed by atoms with Gasteiger partial charge in [-0.3, -0.25) is 0 Å². The van der Waals surface area contributed by atoms with E-state index in [1.165, 1.54) is 0 Å². The Bertz CT molecular complexity index is 664. The van der Waals surface area contributed by atoms with Gasteiger partial charge in [0.1, 0.15) is 18.4 Å². The second kappa shape index (κ2) is 13.1. The minimum atomic E-state index is -1.44. The minimum Gasteiger partial charge on any atom is -0.445 e. The molecule has 9 heteroatoms. The van der Waals surface area contributed by atoms with Crippen LogP contribution in [-0.4, -0.2) is 62.5 Å². The van der Waals surface area contributed by atoms with Gasteiger partial charge < -0.3 is 29.6 Å². The molecule has 2 amide bonds. The van der Waals surface area contributed by atoms with E-state index in [1.807, 2.05) is 30.3 Å². The van der Waals surface area contributed by atoms with Gasteiger partial charge in [-0.1, -0.05) is 30.3 Å². The summed E-state index contributed by atoms with van der Waals surface area (Å²) in [6.07, 6.45) is -2.64. The molecule has 8 nitrogen and oxygen atoms in total. The summed E-state index contributed by atoms with van der Waals surface area (Å²) in [7, 11) is 0. The lowest BCUT2D eigenvalue weighted by Gasteiger charge is -2.29. The number of ether oxygens (including phenoxy) is 4. The third kappa shape index (κ3) is 12.8. The number of halogens is 1. The number of carbonyl (C=O) groups excluding carboxylic acids is 2. The Labute approximate surface area is 183 Å². The van der Waals surface area contributed by atoms with E-state index in [9.17, 15) is 14.0 Å². The maximum atomic E-state index is 14.5. The van der Waals surface area contributed by atoms with E-state index in [0.29, 0.717) is 6.54 Å². The molecule has 0 aliphatic carbocycles. The Kier molecular flexibility index (Phi) is 11.3. The predicted octanol–water partition coefficient (Wildman–Crippen LogP) is 3.59. The highest BCUT2D eigenvalue weighted by molar-refractivity contribution is 5.67. The van der Waals surface area contributed by atoms with Crippen molar-refractivity contribution in [2.45, 2.75) is 58.6 Å². The lowest BCUT2D eigenvalue weighted by molar-refractivity contribution is -0.0863. The van der Waals surface area contributed by atoms with Crippen molar-refractivity contribution < 1.29 is 32.9 Å². The molecule has 1 aromatic rings. The van der Waals surface area contributed by atoms with Gasteiger partial charge in [-0.15, -0.1) is 0 Å². The van der Waals surface area contributed by atoms with Crippen molar-refractivity contribution in [3.8, 4) is 0 Å². The van der Waals surface area contributed by atoms with Crippen LogP contribution in [0.3, 0.4) is 0 Å². The molecule has 0 aromatic heterocycles. The summed E-state index contributed by atoms with van der Waals surface area (Å²) in [4.78, 5) is 23.2. The molecule has 1 aromatic carbocycles. The van der Waals surface area contributed by atoms with Gasteiger partial charge >= 0.3 is 12.2 Å². The lowest BCUT2D eigenvalue weighted by Crippen LogP contribution is -2.44. The van der Waals surface area contributed by atoms with Crippen LogP contribution < -0.4 is 10.6 Å². The molecule has 1 rings (SSSR count). The highest BCUT2D eigenvalue weighted by atomic mass is 19.1. The van der Waals surface area contributed by atoms with Gasteiger partial charge in [0.15, 0.2) is 0 Å². The van der Waals surface area contributed by atoms with Crippen molar-refractivity contribution in [3.05, 3.63) is 35.9 Å². The standard InChI is InChI=1S/C22H35FN2O6/c1-21(2,3)31-20(27)24-11-12-28-13-14-30-22(4,5)18(23)15-25-19(26)29-16-17-9-7-6-8-10-17/h6-10,18H,11-16H2,1-5H3,(H,24,27)(H,25,26). The van der Waals surface area contributed by atoms with Gasteiger partial charge in [0.25, 0.3) is 0 Å². The molecule has 2 N–H and O–H groups in total. The van der Waals surface area contributed by atoms with E-state index < -0.39 is 29.6 Å². The summed E-state index contributed by atoms with van der Waals surface area (Å²) >= 11 is 0. The molecule has 0 saturated heterocycles. The lowest BCUT2D eigenvalue weighted by atomic mass is 10.0. The van der Waals surface area contributed by atoms with Crippen LogP contribution in [0.5, 0.6) is 0 Å². The summed E-state index contributed by atoms with van der Waals surface area (Å²) in [5.74, 6) is 0. The summed E-state index contributed by atoms with van der Waals surface area (Å²) in [6, 6.07) is 9.21. The molecule has 1 unspecified atom stereocenters. The van der Waals surface area contributed by atoms with Gasteiger partial charge in [-0.25, -0.2) is 14.0 Å². The number of carbonyl (C=O) groups is 2. The quantitative estimate of drug-likeness (QED) is 0.481. The van der Waals surface area contributed by atoms with Gasteiger partial charge in [-0.2, -0.15) is 0 Å². The molecule has 1 atom stereocenters. The summed E-state index contributed by atoms with van der Waals surface area (Å²) in [5, 5.41) is 4.98. The van der Waals surface area contributed by atoms with E-state index in [-0.39, 0.29) is 33.0 Å². The fourth-order valence-corrected chi connectivity index (χ4v) is 2.29. The molecule has 0 aliphatic rings. The molecular weight excluding hydrogens is 407 g/mol. The fourth-order valence-electron chi connectivity index (χ4n) is 2.29. The topological polar surface area (TPSA) is 95.1 Å². The molecule has 0 aliphatic heterocycles. The molecule has 176 valence electrons. The zero-order valence-corrected chi connectivity index (χ0v) is 19.0. The van der Waals surface area contributed by atoms with Crippen LogP contribution in [0.1, 0.15) is 40.2 Å². The third-order valence-electron chi connectivity index (χ3n) is 4.01. The molecule has 0 heterocycles. The van der Waals surface area contributed by atoms with Crippen LogP contribution in [0.2, 0.25) is 0 Å². The summed E-state index contributed by atoms with van der Waals surface area (Å²) in [5.41, 5.74) is -0.828. The molecule has 0 radical (unpaired) electrons. The smallest absolute Gasteiger partial charge is 0.407 e. The second-order valence-corrected chi connectivity index (χ2v) is 8.40. The maximum Gasteiger partial charge on any atom is 0.407 e. The third-order valence-corrected chi connectivity index (χ3v) is 4.01. The second-order valence-electron chi connectivity index (χ2n) is 8.40. The monoisotopic (exact) mass is 442 g/mol. The van der Waals surface area contributed by atoms with Gasteiger partial charge in [-0.05, 0) is 40.2 Å². The molecule has 0 fully saturated rings. The van der Waals surface area contributed by atoms with Crippen molar-refractivity contribution >= 4 is 12.2 Å². The molecular formula is C22H35FN2O6. The number of hydrogen-bond acceptors (Lipinski definition) is 6. The van der Waals surface area contributed by atoms with Crippen LogP contribution in [-0.2, 0) is 25.6 Å². The number of benzene rings is 1. The number of hydrogen-bond donors (Lipinski definition) is 2. The van der Waals surface area contributed by atoms with Crippen LogP contribution in [0.15, 0.2) is 30.3 Å². The number of alkyl halides is 1. The van der Waals surface area contributed by atoms with Crippen molar-refractivity contribution in [3.63, 3.8) is 0 Å². The van der Waals surface area contributed by atoms with Crippen molar-refractivity contribution in [2.24, 2.45) is 0 Å². The van der Waals surface area contributed by atoms with Crippen molar-refractivity contribution in [1.29, 1.82) is 0 Å². The minimum absolute atomic E-state index is 0.115.